The largest absolute Gasteiger partial charge is 0.481 e. The van der Waals surface area contributed by atoms with E-state index in [0.29, 0.717) is 5.56 Å². The topological polar surface area (TPSA) is 151 Å². The van der Waals surface area contributed by atoms with Crippen molar-refractivity contribution in [2.24, 2.45) is 4.99 Å². The molecule has 186 valence electrons. The summed E-state index contributed by atoms with van der Waals surface area (Å²) in [6.07, 6.45) is 6.13. The number of allylic oxidation sites excluding steroid dienone is 3. The number of aliphatic imine (C=N–C) groups is 1. The molecule has 0 amide bonds. The van der Waals surface area contributed by atoms with Gasteiger partial charge < -0.3 is 15.4 Å². The second-order valence-electron chi connectivity index (χ2n) is 7.87. The summed E-state index contributed by atoms with van der Waals surface area (Å²) in [6.45, 7) is 6.85. The number of nitrogens with zero attached hydrogens (tertiary/aromatic N) is 4. The molecule has 0 aliphatic heterocycles. The number of aliphatic carboxylic acids is 1. The number of rotatable bonds is 10. The zero-order valence-electron chi connectivity index (χ0n) is 19.9. The fraction of sp³-hybridized carbons (Fsp3) is 0.200. The molecule has 0 fully saturated rings. The van der Waals surface area contributed by atoms with E-state index in [0.717, 1.165) is 21.3 Å². The number of anilines is 2. The summed E-state index contributed by atoms with van der Waals surface area (Å²) in [5.41, 5.74) is 1.05. The Morgan fingerprint density at radius 2 is 1.94 bits per heavy atom. The molecular weight excluding hydrogens is 464 g/mol. The molecule has 2 aromatic heterocycles. The maximum atomic E-state index is 13.2. The standard InChI is InChI=1S/C25H26N6O5/c1-4-18(9-11-26-3)19-13-20(22(34)27-14-19)28-23-29-24(35)30(12-10-21(32)33)25(36)31(23)15-17-7-5-16(2)6-8-17/h4-9,11,13-14H,3,10,12,15H2,1-2H3,(H,27,34)(H,32,33)(H,28,29,35)/b11-9-,18-4+. The molecule has 0 saturated heterocycles. The van der Waals surface area contributed by atoms with Gasteiger partial charge in [0.2, 0.25) is 5.95 Å². The van der Waals surface area contributed by atoms with E-state index in [1.54, 1.807) is 12.1 Å². The smallest absolute Gasteiger partial charge is 0.354 e. The lowest BCUT2D eigenvalue weighted by atomic mass is 10.1. The maximum absolute atomic E-state index is 13.2. The molecule has 0 spiro atoms. The number of H-pyrrole nitrogens is 1. The number of aromatic amines is 1. The van der Waals surface area contributed by atoms with Gasteiger partial charge >= 0.3 is 17.3 Å². The number of carboxylic acid groups (broad SMARTS) is 1. The van der Waals surface area contributed by atoms with Crippen LogP contribution in [0.15, 0.2) is 74.3 Å². The Kier molecular flexibility index (Phi) is 8.29. The van der Waals surface area contributed by atoms with Gasteiger partial charge in [-0.25, -0.2) is 14.2 Å². The van der Waals surface area contributed by atoms with Crippen molar-refractivity contribution < 1.29 is 9.90 Å². The summed E-state index contributed by atoms with van der Waals surface area (Å²) >= 11 is 0. The molecule has 1 aromatic carbocycles. The van der Waals surface area contributed by atoms with Gasteiger partial charge in [-0.1, -0.05) is 35.9 Å². The molecule has 0 radical (unpaired) electrons. The number of aryl methyl sites for hydroxylation is 1. The third-order valence-corrected chi connectivity index (χ3v) is 5.31. The van der Waals surface area contributed by atoms with Gasteiger partial charge in [-0.3, -0.25) is 19.1 Å². The van der Waals surface area contributed by atoms with E-state index in [4.69, 9.17) is 5.11 Å². The Hall–Kier alpha value is -4.80. The Labute approximate surface area is 205 Å². The first-order valence-electron chi connectivity index (χ1n) is 11.0. The van der Waals surface area contributed by atoms with Crippen LogP contribution in [0.4, 0.5) is 11.6 Å². The number of hydrogen-bond acceptors (Lipinski definition) is 7. The van der Waals surface area contributed by atoms with E-state index in [2.05, 4.69) is 27.0 Å². The fourth-order valence-electron chi connectivity index (χ4n) is 3.40. The molecule has 0 bridgehead atoms. The van der Waals surface area contributed by atoms with Crippen LogP contribution in [0.2, 0.25) is 0 Å². The van der Waals surface area contributed by atoms with E-state index < -0.39 is 29.3 Å². The first-order chi connectivity index (χ1) is 17.2. The average Bonchev–Trinajstić information content (AvgIpc) is 2.84. The predicted molar refractivity (Wildman–Crippen MR) is 138 cm³/mol. The zero-order chi connectivity index (χ0) is 26.2. The second-order valence-corrected chi connectivity index (χ2v) is 7.87. The van der Waals surface area contributed by atoms with Crippen molar-refractivity contribution in [2.45, 2.75) is 33.4 Å². The van der Waals surface area contributed by atoms with Crippen molar-refractivity contribution >= 4 is 29.9 Å². The number of aromatic nitrogens is 4. The fourth-order valence-corrected chi connectivity index (χ4v) is 3.40. The summed E-state index contributed by atoms with van der Waals surface area (Å²) in [4.78, 5) is 59.7. The number of carboxylic acids is 1. The maximum Gasteiger partial charge on any atom is 0.354 e. The van der Waals surface area contributed by atoms with Crippen molar-refractivity contribution in [3.8, 4) is 0 Å². The number of pyridine rings is 1. The van der Waals surface area contributed by atoms with E-state index in [9.17, 15) is 19.2 Å². The molecule has 2 heterocycles. The van der Waals surface area contributed by atoms with Gasteiger partial charge in [-0.2, -0.15) is 4.98 Å². The lowest BCUT2D eigenvalue weighted by molar-refractivity contribution is -0.137. The highest BCUT2D eigenvalue weighted by molar-refractivity contribution is 5.75. The zero-order valence-corrected chi connectivity index (χ0v) is 19.9. The monoisotopic (exact) mass is 490 g/mol. The highest BCUT2D eigenvalue weighted by Gasteiger charge is 2.16. The SMILES string of the molecule is C=N/C=C\C(=C/C)c1c[nH]c(=O)c(Nc2nc(=O)n(CCC(=O)O)c(=O)n2Cc2ccc(C)cc2)c1. The van der Waals surface area contributed by atoms with Gasteiger partial charge in [0.15, 0.2) is 0 Å². The molecule has 0 aliphatic rings. The molecule has 3 N–H and O–H groups in total. The second kappa shape index (κ2) is 11.6. The molecule has 0 unspecified atom stereocenters. The van der Waals surface area contributed by atoms with Crippen LogP contribution in [-0.2, 0) is 17.9 Å². The van der Waals surface area contributed by atoms with Crippen LogP contribution in [0.1, 0.15) is 30.0 Å². The molecule has 3 aromatic rings. The van der Waals surface area contributed by atoms with Crippen LogP contribution in [0.25, 0.3) is 5.57 Å². The predicted octanol–water partition coefficient (Wildman–Crippen LogP) is 2.29. The lowest BCUT2D eigenvalue weighted by Crippen LogP contribution is -2.43. The summed E-state index contributed by atoms with van der Waals surface area (Å²) in [5.74, 6) is -1.30. The van der Waals surface area contributed by atoms with Crippen LogP contribution in [0, 0.1) is 6.92 Å². The third-order valence-electron chi connectivity index (χ3n) is 5.31. The van der Waals surface area contributed by atoms with Crippen molar-refractivity contribution in [3.63, 3.8) is 0 Å². The van der Waals surface area contributed by atoms with Crippen LogP contribution >= 0.6 is 0 Å². The molecule has 0 saturated carbocycles. The minimum atomic E-state index is -1.16. The number of carbonyl (C=O) groups is 1. The molecule has 0 aliphatic carbocycles. The van der Waals surface area contributed by atoms with Gasteiger partial charge in [0.25, 0.3) is 5.56 Å². The van der Waals surface area contributed by atoms with Crippen LogP contribution in [0.3, 0.4) is 0 Å². The van der Waals surface area contributed by atoms with E-state index in [1.165, 1.54) is 17.0 Å². The van der Waals surface area contributed by atoms with Gasteiger partial charge in [0, 0.05) is 18.9 Å². The number of hydrogen-bond donors (Lipinski definition) is 3. The highest BCUT2D eigenvalue weighted by Crippen LogP contribution is 2.18. The average molecular weight is 491 g/mol. The van der Waals surface area contributed by atoms with Gasteiger partial charge in [-0.15, -0.1) is 0 Å². The first-order valence-corrected chi connectivity index (χ1v) is 11.0. The van der Waals surface area contributed by atoms with Crippen molar-refractivity contribution in [1.29, 1.82) is 0 Å². The Balaban J connectivity index is 2.12. The van der Waals surface area contributed by atoms with Gasteiger partial charge in [-0.05, 0) is 49.4 Å². The number of nitrogens with one attached hydrogen (secondary N) is 2. The minimum Gasteiger partial charge on any atom is -0.481 e. The first kappa shape index (κ1) is 25.8. The van der Waals surface area contributed by atoms with E-state index in [1.807, 2.05) is 44.2 Å². The Morgan fingerprint density at radius 1 is 1.22 bits per heavy atom. The molecule has 0 atom stereocenters. The van der Waals surface area contributed by atoms with Gasteiger partial charge in [0.1, 0.15) is 5.69 Å². The van der Waals surface area contributed by atoms with Crippen LogP contribution in [-0.4, -0.2) is 36.9 Å². The molecule has 36 heavy (non-hydrogen) atoms. The Bertz CT molecular complexity index is 1510. The minimum absolute atomic E-state index is 0.0350. The summed E-state index contributed by atoms with van der Waals surface area (Å²) in [5, 5.41) is 11.8. The Morgan fingerprint density at radius 3 is 2.58 bits per heavy atom. The summed E-state index contributed by atoms with van der Waals surface area (Å²) < 4.78 is 1.96. The van der Waals surface area contributed by atoms with E-state index in [-0.39, 0.29) is 24.7 Å². The van der Waals surface area contributed by atoms with Gasteiger partial charge in [0.05, 0.1) is 13.0 Å². The number of benzene rings is 1. The molecule has 11 heteroatoms. The van der Waals surface area contributed by atoms with Crippen LogP contribution in [0.5, 0.6) is 0 Å². The van der Waals surface area contributed by atoms with E-state index >= 15 is 0 Å². The van der Waals surface area contributed by atoms with Crippen molar-refractivity contribution in [1.82, 2.24) is 19.1 Å². The third kappa shape index (κ3) is 6.20. The summed E-state index contributed by atoms with van der Waals surface area (Å²) in [6, 6.07) is 8.95. The quantitative estimate of drug-likeness (QED) is 0.291. The van der Waals surface area contributed by atoms with Crippen molar-refractivity contribution in [2.75, 3.05) is 5.32 Å². The molecule has 11 nitrogen and oxygen atoms in total. The lowest BCUT2D eigenvalue weighted by Gasteiger charge is -2.15. The summed E-state index contributed by atoms with van der Waals surface area (Å²) in [7, 11) is 0. The van der Waals surface area contributed by atoms with Crippen molar-refractivity contribution in [3.05, 3.63) is 103 Å². The highest BCUT2D eigenvalue weighted by atomic mass is 16.4. The van der Waals surface area contributed by atoms with Crippen LogP contribution < -0.4 is 22.3 Å². The normalized spacial score (nSPS) is 11.6. The molecule has 3 rings (SSSR count). The molecular formula is C25H26N6O5.